The molecule has 0 aliphatic carbocycles. The number of rotatable bonds is 7. The maximum Gasteiger partial charge on any atom is 0.178 e. The van der Waals surface area contributed by atoms with Crippen molar-refractivity contribution in [3.05, 3.63) is 23.8 Å². The molecule has 0 aromatic heterocycles. The largest absolute Gasteiger partial charge is 0.496 e. The van der Waals surface area contributed by atoms with Crippen LogP contribution in [0.1, 0.15) is 66.4 Å². The van der Waals surface area contributed by atoms with E-state index in [9.17, 15) is 0 Å². The molecular weight excluding hydrogens is 418 g/mol. The summed E-state index contributed by atoms with van der Waals surface area (Å²) in [7, 11) is 2.52. The summed E-state index contributed by atoms with van der Waals surface area (Å²) >= 11 is 0. The first-order chi connectivity index (χ1) is 13.8. The molecule has 1 rings (SSSR count). The van der Waals surface area contributed by atoms with Gasteiger partial charge in [-0.2, -0.15) is 0 Å². The second-order valence-electron chi connectivity index (χ2n) is 11.9. The second-order valence-corrected chi connectivity index (χ2v) is 21.7. The van der Waals surface area contributed by atoms with E-state index in [1.807, 2.05) is 25.1 Å². The van der Waals surface area contributed by atoms with Gasteiger partial charge in [-0.1, -0.05) is 54.5 Å². The Hall–Kier alpha value is -0.826. The topological polar surface area (TPSA) is 41.9 Å². The van der Waals surface area contributed by atoms with Crippen LogP contribution in [0, 0.1) is 0 Å². The smallest absolute Gasteiger partial charge is 0.178 e. The highest BCUT2D eigenvalue weighted by molar-refractivity contribution is 6.87. The van der Waals surface area contributed by atoms with Gasteiger partial charge in [0.05, 0.1) is 7.11 Å². The number of anilines is 1. The van der Waals surface area contributed by atoms with Gasteiger partial charge in [0.1, 0.15) is 5.75 Å². The van der Waals surface area contributed by atoms with Crippen LogP contribution in [-0.2, 0) is 4.12 Å². The molecule has 0 fully saturated rings. The van der Waals surface area contributed by atoms with Crippen molar-refractivity contribution < 1.29 is 14.0 Å². The molecule has 0 aliphatic rings. The van der Waals surface area contributed by atoms with Crippen LogP contribution in [0.4, 0.5) is 5.69 Å². The van der Waals surface area contributed by atoms with Gasteiger partial charge in [0, 0.05) is 32.5 Å². The fourth-order valence-electron chi connectivity index (χ4n) is 2.68. The van der Waals surface area contributed by atoms with Gasteiger partial charge in [-0.25, -0.2) is 0 Å². The van der Waals surface area contributed by atoms with E-state index in [1.165, 1.54) is 0 Å². The summed E-state index contributed by atoms with van der Waals surface area (Å²) in [5.74, 6) is 1.21. The number of ether oxygens (including phenoxy) is 1. The molecule has 0 aliphatic heterocycles. The molecule has 0 unspecified atom stereocenters. The van der Waals surface area contributed by atoms with Crippen molar-refractivity contribution in [2.75, 3.05) is 32.7 Å². The Bertz CT molecular complexity index is 650. The molecule has 1 aromatic rings. The van der Waals surface area contributed by atoms with E-state index < -0.39 is 16.6 Å². The first kappa shape index (κ1) is 30.2. The minimum Gasteiger partial charge on any atom is -0.496 e. The highest BCUT2D eigenvalue weighted by atomic mass is 28.4. The van der Waals surface area contributed by atoms with Crippen molar-refractivity contribution >= 4 is 22.3 Å². The maximum atomic E-state index is 8.96. The quantitative estimate of drug-likeness (QED) is 0.427. The van der Waals surface area contributed by atoms with Crippen molar-refractivity contribution in [2.24, 2.45) is 0 Å². The molecule has 0 saturated carbocycles. The van der Waals surface area contributed by atoms with Crippen LogP contribution in [-0.4, -0.2) is 49.6 Å². The summed E-state index contributed by atoms with van der Waals surface area (Å²) in [4.78, 5) is 2.04. The zero-order valence-corrected chi connectivity index (χ0v) is 24.9. The molecule has 182 valence electrons. The zero-order valence-electron chi connectivity index (χ0n) is 22.9. The Labute approximate surface area is 195 Å². The van der Waals surface area contributed by atoms with E-state index in [-0.39, 0.29) is 6.61 Å². The van der Waals surface area contributed by atoms with Crippen molar-refractivity contribution in [1.29, 1.82) is 0 Å². The number of nitrogens with zero attached hydrogens (tertiary/aromatic N) is 1. The Kier molecular flexibility index (Phi) is 11.0. The second kappa shape index (κ2) is 11.3. The van der Waals surface area contributed by atoms with Gasteiger partial charge >= 0.3 is 0 Å². The number of methoxy groups -OCH3 is 1. The predicted molar refractivity (Wildman–Crippen MR) is 143 cm³/mol. The summed E-state index contributed by atoms with van der Waals surface area (Å²) in [6, 6.07) is 6.18. The molecule has 6 heteroatoms. The molecule has 0 heterocycles. The Morgan fingerprint density at radius 2 is 1.39 bits per heavy atom. The van der Waals surface area contributed by atoms with Gasteiger partial charge in [0.15, 0.2) is 16.6 Å². The fourth-order valence-corrected chi connectivity index (χ4v) is 10.2. The summed E-state index contributed by atoms with van der Waals surface area (Å²) in [5.41, 5.74) is 2.28. The standard InChI is InChI=1S/C13H21NO2.C12H30OSi2/c1-10(7-8-15)12-6-5-11(14(2)3)9-13(12)16-4;1-11(2,3)14(7,8)13-15(9,10)12(4,5)6/h5-6,9-10,15H,7-8H2,1-4H3;1-10H3/t10-;/m1./s1. The number of hydrogen-bond donors (Lipinski definition) is 1. The molecule has 0 bridgehead atoms. The first-order valence-electron chi connectivity index (χ1n) is 11.5. The van der Waals surface area contributed by atoms with Crippen molar-refractivity contribution in [2.45, 2.75) is 97.1 Å². The lowest BCUT2D eigenvalue weighted by Crippen LogP contribution is -2.53. The van der Waals surface area contributed by atoms with Crippen LogP contribution >= 0.6 is 0 Å². The monoisotopic (exact) mass is 469 g/mol. The lowest BCUT2D eigenvalue weighted by molar-refractivity contribution is 0.277. The van der Waals surface area contributed by atoms with E-state index >= 15 is 0 Å². The molecule has 31 heavy (non-hydrogen) atoms. The number of aliphatic hydroxyl groups is 1. The van der Waals surface area contributed by atoms with Crippen LogP contribution < -0.4 is 9.64 Å². The summed E-state index contributed by atoms with van der Waals surface area (Å²) < 4.78 is 12.0. The third-order valence-electron chi connectivity index (χ3n) is 6.95. The van der Waals surface area contributed by atoms with Crippen LogP contribution in [0.2, 0.25) is 36.3 Å². The molecule has 0 spiro atoms. The maximum absolute atomic E-state index is 8.96. The summed E-state index contributed by atoms with van der Waals surface area (Å²) in [6.45, 7) is 25.6. The van der Waals surface area contributed by atoms with Gasteiger partial charge in [-0.15, -0.1) is 0 Å². The lowest BCUT2D eigenvalue weighted by atomic mass is 9.97. The van der Waals surface area contributed by atoms with E-state index in [4.69, 9.17) is 14.0 Å². The minimum atomic E-state index is -1.59. The zero-order chi connectivity index (χ0) is 24.8. The Morgan fingerprint density at radius 1 is 0.935 bits per heavy atom. The van der Waals surface area contributed by atoms with Gasteiger partial charge < -0.3 is 18.9 Å². The summed E-state index contributed by atoms with van der Waals surface area (Å²) in [6.07, 6.45) is 0.762. The van der Waals surface area contributed by atoms with E-state index in [2.05, 4.69) is 86.8 Å². The van der Waals surface area contributed by atoms with Gasteiger partial charge in [-0.05, 0) is 60.2 Å². The first-order valence-corrected chi connectivity index (χ1v) is 17.3. The molecule has 0 radical (unpaired) electrons. The SMILES string of the molecule is CC(C)(C)[Si](C)(C)O[Si](C)(C)C(C)(C)C.COc1cc(N(C)C)ccc1[C@H](C)CCO. The fraction of sp³-hybridized carbons (Fsp3) is 0.760. The molecule has 1 atom stereocenters. The number of benzene rings is 1. The van der Waals surface area contributed by atoms with Crippen LogP contribution in [0.5, 0.6) is 5.75 Å². The van der Waals surface area contributed by atoms with Gasteiger partial charge in [0.25, 0.3) is 0 Å². The molecule has 4 nitrogen and oxygen atoms in total. The average molecular weight is 470 g/mol. The molecule has 1 N–H and O–H groups in total. The third-order valence-corrected chi connectivity index (χ3v) is 18.3. The van der Waals surface area contributed by atoms with Gasteiger partial charge in [0.2, 0.25) is 0 Å². The molecule has 0 amide bonds. The van der Waals surface area contributed by atoms with Crippen molar-refractivity contribution in [1.82, 2.24) is 0 Å². The summed E-state index contributed by atoms with van der Waals surface area (Å²) in [5, 5.41) is 9.60. The lowest BCUT2D eigenvalue weighted by Gasteiger charge is -2.47. The normalized spacial score (nSPS) is 13.9. The van der Waals surface area contributed by atoms with Gasteiger partial charge in [-0.3, -0.25) is 0 Å². The van der Waals surface area contributed by atoms with Crippen molar-refractivity contribution in [3.8, 4) is 5.75 Å². The number of hydrogen-bond acceptors (Lipinski definition) is 4. The molecule has 0 saturated heterocycles. The van der Waals surface area contributed by atoms with Crippen LogP contribution in [0.3, 0.4) is 0 Å². The Balaban J connectivity index is 0.000000582. The number of aliphatic hydroxyl groups excluding tert-OH is 1. The average Bonchev–Trinajstić information content (AvgIpc) is 2.59. The molecule has 1 aromatic carbocycles. The van der Waals surface area contributed by atoms with E-state index in [1.54, 1.807) is 7.11 Å². The predicted octanol–water partition coefficient (Wildman–Crippen LogP) is 7.26. The van der Waals surface area contributed by atoms with Crippen molar-refractivity contribution in [3.63, 3.8) is 0 Å². The van der Waals surface area contributed by atoms with Crippen LogP contribution in [0.15, 0.2) is 18.2 Å². The highest BCUT2D eigenvalue weighted by Crippen LogP contribution is 2.44. The van der Waals surface area contributed by atoms with Crippen LogP contribution in [0.25, 0.3) is 0 Å². The highest BCUT2D eigenvalue weighted by Gasteiger charge is 2.46. The minimum absolute atomic E-state index is 0.208. The van der Waals surface area contributed by atoms with E-state index in [0.29, 0.717) is 16.0 Å². The Morgan fingerprint density at radius 3 is 1.71 bits per heavy atom. The molecular formula is C25H51NO3Si2. The third kappa shape index (κ3) is 8.91. The van der Waals surface area contributed by atoms with E-state index in [0.717, 1.165) is 23.4 Å².